The van der Waals surface area contributed by atoms with Gasteiger partial charge >= 0.3 is 12.4 Å². The van der Waals surface area contributed by atoms with Crippen LogP contribution in [0.1, 0.15) is 22.8 Å². The van der Waals surface area contributed by atoms with Crippen LogP contribution in [0.5, 0.6) is 0 Å². The predicted octanol–water partition coefficient (Wildman–Crippen LogP) is 3.58. The second-order valence-corrected chi connectivity index (χ2v) is 6.90. The van der Waals surface area contributed by atoms with Crippen molar-refractivity contribution >= 4 is 16.3 Å². The highest BCUT2D eigenvalue weighted by molar-refractivity contribution is 7.16. The minimum Gasteiger partial charge on any atom is -0.474 e. The Morgan fingerprint density at radius 3 is 2.59 bits per heavy atom. The first-order chi connectivity index (χ1) is 12.5. The van der Waals surface area contributed by atoms with E-state index in [0.717, 1.165) is 15.9 Å². The van der Waals surface area contributed by atoms with Crippen LogP contribution in [0.4, 0.5) is 26.3 Å². The number of nitrogens with zero attached hydrogens (tertiary/aromatic N) is 4. The monoisotopic (exact) mass is 416 g/mol. The Hall–Kier alpha value is -2.02. The molecule has 2 aromatic rings. The van der Waals surface area contributed by atoms with E-state index < -0.39 is 30.6 Å². The maximum atomic E-state index is 13.3. The van der Waals surface area contributed by atoms with Crippen molar-refractivity contribution in [3.05, 3.63) is 28.9 Å². The lowest BCUT2D eigenvalue weighted by molar-refractivity contribution is -0.151. The molecule has 0 saturated carbocycles. The van der Waals surface area contributed by atoms with Gasteiger partial charge in [-0.15, -0.1) is 0 Å². The molecular formula is C14H14F6N4O2S. The first-order valence-corrected chi connectivity index (χ1v) is 8.40. The summed E-state index contributed by atoms with van der Waals surface area (Å²) >= 11 is 0.935. The second kappa shape index (κ2) is 6.86. The van der Waals surface area contributed by atoms with Gasteiger partial charge in [0.15, 0.2) is 11.6 Å². The van der Waals surface area contributed by atoms with Gasteiger partial charge in [-0.05, 0) is 6.58 Å². The summed E-state index contributed by atoms with van der Waals surface area (Å²) in [4.78, 5) is 4.82. The highest BCUT2D eigenvalue weighted by atomic mass is 32.1. The highest BCUT2D eigenvalue weighted by Crippen LogP contribution is 2.36. The fraction of sp³-hybridized carbons (Fsp3) is 0.571. The van der Waals surface area contributed by atoms with E-state index in [1.165, 1.54) is 12.0 Å². The Labute approximate surface area is 153 Å². The molecule has 1 aliphatic heterocycles. The smallest absolute Gasteiger partial charge is 0.435 e. The molecule has 1 atom stereocenters. The summed E-state index contributed by atoms with van der Waals surface area (Å²) in [7, 11) is 1.42. The lowest BCUT2D eigenvalue weighted by Gasteiger charge is -2.17. The number of hydrogen-bond acceptors (Lipinski definition) is 6. The zero-order valence-electron chi connectivity index (χ0n) is 13.9. The van der Waals surface area contributed by atoms with Crippen molar-refractivity contribution < 1.29 is 35.8 Å². The Bertz CT molecular complexity index is 843. The number of methoxy groups -OCH3 is 1. The summed E-state index contributed by atoms with van der Waals surface area (Å²) in [5.41, 5.74) is -1.44. The van der Waals surface area contributed by atoms with Gasteiger partial charge in [0.1, 0.15) is 11.1 Å². The van der Waals surface area contributed by atoms with Crippen LogP contribution < -0.4 is 0 Å². The molecule has 6 nitrogen and oxygen atoms in total. The highest BCUT2D eigenvalue weighted by Gasteiger charge is 2.42. The first kappa shape index (κ1) is 19.7. The van der Waals surface area contributed by atoms with E-state index >= 15 is 0 Å². The van der Waals surface area contributed by atoms with Crippen LogP contribution in [0.25, 0.3) is 4.96 Å². The van der Waals surface area contributed by atoms with Gasteiger partial charge in [-0.3, -0.25) is 0 Å². The maximum absolute atomic E-state index is 13.3. The van der Waals surface area contributed by atoms with Crippen LogP contribution in [0.3, 0.4) is 0 Å². The molecule has 0 radical (unpaired) electrons. The van der Waals surface area contributed by atoms with Gasteiger partial charge in [-0.2, -0.15) is 31.4 Å². The Balaban J connectivity index is 1.89. The number of hydrogen-bond donors (Lipinski definition) is 0. The van der Waals surface area contributed by atoms with Crippen molar-refractivity contribution in [2.24, 2.45) is 0 Å². The summed E-state index contributed by atoms with van der Waals surface area (Å²) < 4.78 is 88.6. The molecule has 0 N–H and O–H groups in total. The van der Waals surface area contributed by atoms with Gasteiger partial charge in [0.2, 0.25) is 4.96 Å². The van der Waals surface area contributed by atoms with Gasteiger partial charge in [0.05, 0.1) is 31.8 Å². The van der Waals surface area contributed by atoms with Crippen molar-refractivity contribution in [2.75, 3.05) is 13.7 Å². The normalized spacial score (nSPS) is 18.6. The molecule has 1 aliphatic rings. The molecule has 27 heavy (non-hydrogen) atoms. The third-order valence-corrected chi connectivity index (χ3v) is 4.64. The fourth-order valence-electron chi connectivity index (χ4n) is 2.73. The molecule has 0 amide bonds. The third-order valence-electron chi connectivity index (χ3n) is 3.75. The number of aromatic nitrogens is 3. The van der Waals surface area contributed by atoms with E-state index in [1.807, 2.05) is 0 Å². The number of imidazole rings is 1. The minimum absolute atomic E-state index is 0.0157. The standard InChI is InChI=1S/C14H14F6N4O2S/c1-7-23(4-8(26-7)3-13(15,16)17)5-9-11(14(18,19)20)21-12-24(9)22-10(27-12)6-25-2/h8H,1,3-6H2,2H3. The molecule has 3 heterocycles. The van der Waals surface area contributed by atoms with Crippen LogP contribution in [-0.2, 0) is 28.8 Å². The molecule has 0 aliphatic carbocycles. The summed E-state index contributed by atoms with van der Waals surface area (Å²) in [6.45, 7) is 2.96. The lowest BCUT2D eigenvalue weighted by Crippen LogP contribution is -2.26. The van der Waals surface area contributed by atoms with Crippen LogP contribution in [-0.4, -0.2) is 45.4 Å². The Kier molecular flexibility index (Phi) is 5.01. The molecule has 3 rings (SSSR count). The van der Waals surface area contributed by atoms with Gasteiger partial charge in [-0.25, -0.2) is 9.50 Å². The molecule has 13 heteroatoms. The van der Waals surface area contributed by atoms with Crippen molar-refractivity contribution in [3.63, 3.8) is 0 Å². The zero-order valence-corrected chi connectivity index (χ0v) is 14.7. The third kappa shape index (κ3) is 4.29. The largest absolute Gasteiger partial charge is 0.474 e. The molecule has 2 aromatic heterocycles. The first-order valence-electron chi connectivity index (χ1n) is 7.58. The van der Waals surface area contributed by atoms with Crippen LogP contribution >= 0.6 is 11.3 Å². The molecule has 1 saturated heterocycles. The number of halogens is 6. The van der Waals surface area contributed by atoms with E-state index in [1.54, 1.807) is 0 Å². The average Bonchev–Trinajstić information content (AvgIpc) is 3.12. The van der Waals surface area contributed by atoms with Crippen molar-refractivity contribution in [2.45, 2.75) is 38.0 Å². The quantitative estimate of drug-likeness (QED) is 0.698. The predicted molar refractivity (Wildman–Crippen MR) is 81.7 cm³/mol. The minimum atomic E-state index is -4.74. The number of alkyl halides is 6. The topological polar surface area (TPSA) is 51.9 Å². The van der Waals surface area contributed by atoms with E-state index in [4.69, 9.17) is 9.47 Å². The zero-order chi connectivity index (χ0) is 20.0. The van der Waals surface area contributed by atoms with E-state index in [0.29, 0.717) is 5.01 Å². The number of fused-ring (bicyclic) bond motifs is 1. The number of rotatable bonds is 5. The fourth-order valence-corrected chi connectivity index (χ4v) is 3.61. The maximum Gasteiger partial charge on any atom is 0.435 e. The van der Waals surface area contributed by atoms with Crippen LogP contribution in [0.15, 0.2) is 12.5 Å². The number of ether oxygens (including phenoxy) is 2. The van der Waals surface area contributed by atoms with Crippen LogP contribution in [0.2, 0.25) is 0 Å². The SMILES string of the molecule is C=C1OC(CC(F)(F)F)CN1Cc1c(C(F)(F)F)nc2sc(COC)nn12. The van der Waals surface area contributed by atoms with Gasteiger partial charge in [0, 0.05) is 7.11 Å². The van der Waals surface area contributed by atoms with Crippen molar-refractivity contribution in [1.29, 1.82) is 0 Å². The molecule has 1 fully saturated rings. The molecular weight excluding hydrogens is 402 g/mol. The van der Waals surface area contributed by atoms with E-state index in [9.17, 15) is 26.3 Å². The molecule has 0 spiro atoms. The Morgan fingerprint density at radius 1 is 1.30 bits per heavy atom. The summed E-state index contributed by atoms with van der Waals surface area (Å²) in [5.74, 6) is -0.125. The van der Waals surface area contributed by atoms with E-state index in [2.05, 4.69) is 16.7 Å². The molecule has 0 bridgehead atoms. The second-order valence-electron chi connectivity index (χ2n) is 5.86. The van der Waals surface area contributed by atoms with Gasteiger partial charge in [0.25, 0.3) is 0 Å². The summed E-state index contributed by atoms with van der Waals surface area (Å²) in [6.07, 6.45) is -11.6. The van der Waals surface area contributed by atoms with Crippen molar-refractivity contribution in [1.82, 2.24) is 19.5 Å². The van der Waals surface area contributed by atoms with Gasteiger partial charge < -0.3 is 14.4 Å². The molecule has 0 aromatic carbocycles. The average molecular weight is 416 g/mol. The van der Waals surface area contributed by atoms with Crippen molar-refractivity contribution in [3.8, 4) is 0 Å². The van der Waals surface area contributed by atoms with E-state index in [-0.39, 0.29) is 36.2 Å². The van der Waals surface area contributed by atoms with Gasteiger partial charge in [-0.1, -0.05) is 11.3 Å². The Morgan fingerprint density at radius 2 is 2.00 bits per heavy atom. The summed E-state index contributed by atoms with van der Waals surface area (Å²) in [5, 5.41) is 4.47. The summed E-state index contributed by atoms with van der Waals surface area (Å²) in [6, 6.07) is 0. The van der Waals surface area contributed by atoms with Crippen LogP contribution in [0, 0.1) is 0 Å². The lowest BCUT2D eigenvalue weighted by atomic mass is 10.2. The molecule has 150 valence electrons. The molecule has 1 unspecified atom stereocenters.